The lowest BCUT2D eigenvalue weighted by atomic mass is 10.1. The summed E-state index contributed by atoms with van der Waals surface area (Å²) in [5.74, 6) is -0.00677. The molecule has 25 heavy (non-hydrogen) atoms. The maximum absolute atomic E-state index is 9.98. The summed E-state index contributed by atoms with van der Waals surface area (Å²) in [5.41, 5.74) is 6.34. The molecule has 0 bridgehead atoms. The van der Waals surface area contributed by atoms with Crippen molar-refractivity contribution in [1.82, 2.24) is 0 Å². The van der Waals surface area contributed by atoms with E-state index < -0.39 is 0 Å². The highest BCUT2D eigenvalue weighted by molar-refractivity contribution is 6.24. The van der Waals surface area contributed by atoms with Crippen molar-refractivity contribution < 1.29 is 10.2 Å². The summed E-state index contributed by atoms with van der Waals surface area (Å²) in [6.45, 7) is 1.78. The van der Waals surface area contributed by atoms with Gasteiger partial charge in [0.25, 0.3) is 0 Å². The zero-order valence-electron chi connectivity index (χ0n) is 13.6. The molecule has 0 amide bonds. The van der Waals surface area contributed by atoms with Gasteiger partial charge in [0.1, 0.15) is 17.2 Å². The summed E-state index contributed by atoms with van der Waals surface area (Å²) in [6, 6.07) is 20.7. The lowest BCUT2D eigenvalue weighted by molar-refractivity contribution is 0.450. The van der Waals surface area contributed by atoms with Gasteiger partial charge in [-0.15, -0.1) is 5.10 Å². The Hall–Kier alpha value is -3.40. The normalized spacial score (nSPS) is 12.7. The second-order valence-corrected chi connectivity index (χ2v) is 5.93. The predicted molar refractivity (Wildman–Crippen MR) is 99.5 cm³/mol. The Bertz CT molecular complexity index is 988. The first-order valence-electron chi connectivity index (χ1n) is 7.99. The van der Waals surface area contributed by atoms with Crippen LogP contribution < -0.4 is 0 Å². The van der Waals surface area contributed by atoms with E-state index in [9.17, 15) is 10.2 Å². The van der Waals surface area contributed by atoms with Crippen molar-refractivity contribution >= 4 is 11.4 Å². The summed E-state index contributed by atoms with van der Waals surface area (Å²) < 4.78 is 0. The molecule has 0 atom stereocenters. The number of phenolic OH excluding ortho intramolecular Hbond substituents is 2. The molecule has 0 aliphatic heterocycles. The molecule has 2 N–H and O–H groups in total. The fourth-order valence-corrected chi connectivity index (χ4v) is 3.11. The van der Waals surface area contributed by atoms with Crippen molar-refractivity contribution in [2.45, 2.75) is 6.92 Å². The Morgan fingerprint density at radius 1 is 0.760 bits per heavy atom. The minimum atomic E-state index is -0.0197. The molecule has 3 aromatic carbocycles. The number of phenols is 2. The minimum absolute atomic E-state index is 0.0130. The van der Waals surface area contributed by atoms with Crippen LogP contribution in [0.25, 0.3) is 11.1 Å². The maximum atomic E-state index is 9.98. The number of aromatic hydroxyl groups is 2. The lowest BCUT2D eigenvalue weighted by Crippen LogP contribution is -1.99. The molecule has 0 spiro atoms. The quantitative estimate of drug-likeness (QED) is 0.425. The lowest BCUT2D eigenvalue weighted by Gasteiger charge is -2.04. The molecule has 0 aromatic heterocycles. The second-order valence-electron chi connectivity index (χ2n) is 5.93. The fourth-order valence-electron chi connectivity index (χ4n) is 3.11. The van der Waals surface area contributed by atoms with Crippen LogP contribution in [0, 0.1) is 0 Å². The van der Waals surface area contributed by atoms with Gasteiger partial charge in [-0.25, -0.2) is 0 Å². The highest BCUT2D eigenvalue weighted by Gasteiger charge is 2.23. The van der Waals surface area contributed by atoms with Gasteiger partial charge < -0.3 is 10.2 Å². The molecule has 4 nitrogen and oxygen atoms in total. The van der Waals surface area contributed by atoms with Gasteiger partial charge in [-0.2, -0.15) is 5.10 Å². The van der Waals surface area contributed by atoms with Crippen molar-refractivity contribution in [2.24, 2.45) is 10.2 Å². The van der Waals surface area contributed by atoms with Crippen molar-refractivity contribution in [1.29, 1.82) is 0 Å². The molecule has 4 heteroatoms. The first-order chi connectivity index (χ1) is 12.1. The van der Waals surface area contributed by atoms with Gasteiger partial charge in [0.05, 0.1) is 5.71 Å². The Morgan fingerprint density at radius 3 is 1.88 bits per heavy atom. The minimum Gasteiger partial charge on any atom is -0.508 e. The first-order valence-corrected chi connectivity index (χ1v) is 7.99. The van der Waals surface area contributed by atoms with Crippen LogP contribution in [0.15, 0.2) is 76.9 Å². The summed E-state index contributed by atoms with van der Waals surface area (Å²) >= 11 is 0. The zero-order chi connectivity index (χ0) is 17.4. The van der Waals surface area contributed by atoms with Crippen LogP contribution in [0.5, 0.6) is 11.5 Å². The Morgan fingerprint density at radius 2 is 1.32 bits per heavy atom. The van der Waals surface area contributed by atoms with Crippen LogP contribution in [0.4, 0.5) is 0 Å². The molecule has 0 heterocycles. The van der Waals surface area contributed by atoms with Gasteiger partial charge >= 0.3 is 0 Å². The number of rotatable bonds is 2. The van der Waals surface area contributed by atoms with Crippen LogP contribution in [-0.2, 0) is 0 Å². The fraction of sp³-hybridized carbons (Fsp3) is 0.0476. The summed E-state index contributed by atoms with van der Waals surface area (Å²) in [7, 11) is 0. The molecular formula is C21H16N2O2. The van der Waals surface area contributed by atoms with E-state index in [0.717, 1.165) is 28.0 Å². The monoisotopic (exact) mass is 328 g/mol. The van der Waals surface area contributed by atoms with E-state index in [1.165, 1.54) is 12.1 Å². The van der Waals surface area contributed by atoms with Crippen molar-refractivity contribution in [2.75, 3.05) is 0 Å². The molecule has 122 valence electrons. The van der Waals surface area contributed by atoms with Crippen LogP contribution >= 0.6 is 0 Å². The number of hydrogen-bond acceptors (Lipinski definition) is 4. The number of hydrogen-bond donors (Lipinski definition) is 2. The van der Waals surface area contributed by atoms with E-state index in [4.69, 9.17) is 0 Å². The molecular weight excluding hydrogens is 312 g/mol. The third kappa shape index (κ3) is 2.58. The molecule has 0 saturated carbocycles. The highest BCUT2D eigenvalue weighted by atomic mass is 16.3. The topological polar surface area (TPSA) is 65.2 Å². The van der Waals surface area contributed by atoms with E-state index in [-0.39, 0.29) is 11.5 Å². The number of fused-ring (bicyclic) bond motifs is 3. The van der Waals surface area contributed by atoms with Gasteiger partial charge in [0, 0.05) is 22.8 Å². The smallest absolute Gasteiger partial charge is 0.128 e. The van der Waals surface area contributed by atoms with Crippen LogP contribution in [0.2, 0.25) is 0 Å². The number of nitrogens with zero attached hydrogens (tertiary/aromatic N) is 2. The second kappa shape index (κ2) is 5.91. The molecule has 0 fully saturated rings. The summed E-state index contributed by atoms with van der Waals surface area (Å²) in [6.07, 6.45) is 0. The van der Waals surface area contributed by atoms with Gasteiger partial charge in [0.2, 0.25) is 0 Å². The third-order valence-electron chi connectivity index (χ3n) is 4.33. The first kappa shape index (κ1) is 15.1. The van der Waals surface area contributed by atoms with E-state index in [1.807, 2.05) is 36.4 Å². The Kier molecular flexibility index (Phi) is 3.58. The van der Waals surface area contributed by atoms with E-state index in [1.54, 1.807) is 13.0 Å². The van der Waals surface area contributed by atoms with E-state index in [0.29, 0.717) is 11.3 Å². The van der Waals surface area contributed by atoms with Crippen molar-refractivity contribution in [3.63, 3.8) is 0 Å². The van der Waals surface area contributed by atoms with Crippen LogP contribution in [0.1, 0.15) is 23.6 Å². The molecule has 3 aromatic rings. The van der Waals surface area contributed by atoms with E-state index in [2.05, 4.69) is 22.3 Å². The standard InChI is InChI=1S/C21H16N2O2/c1-13(15-11-10-14(24)12-20(15)25)22-23-21-18-8-4-2-6-16(18)17-7-3-5-9-19(17)21/h2-12,24-25H,1H3/b22-13+. The largest absolute Gasteiger partial charge is 0.508 e. The van der Waals surface area contributed by atoms with Gasteiger partial charge in [-0.1, -0.05) is 48.5 Å². The Labute approximate surface area is 145 Å². The summed E-state index contributed by atoms with van der Waals surface area (Å²) in [5, 5.41) is 28.2. The average molecular weight is 328 g/mol. The average Bonchev–Trinajstić information content (AvgIpc) is 2.94. The third-order valence-corrected chi connectivity index (χ3v) is 4.33. The zero-order valence-corrected chi connectivity index (χ0v) is 13.6. The van der Waals surface area contributed by atoms with Crippen LogP contribution in [0.3, 0.4) is 0 Å². The summed E-state index contributed by atoms with van der Waals surface area (Å²) in [4.78, 5) is 0. The molecule has 0 radical (unpaired) electrons. The van der Waals surface area contributed by atoms with Crippen molar-refractivity contribution in [3.05, 3.63) is 83.4 Å². The predicted octanol–water partition coefficient (Wildman–Crippen LogP) is 4.34. The molecule has 0 saturated heterocycles. The number of benzene rings is 3. The highest BCUT2D eigenvalue weighted by Crippen LogP contribution is 2.36. The van der Waals surface area contributed by atoms with Gasteiger partial charge in [-0.3, -0.25) is 0 Å². The van der Waals surface area contributed by atoms with Crippen molar-refractivity contribution in [3.8, 4) is 22.6 Å². The Balaban J connectivity index is 1.81. The molecule has 4 rings (SSSR count). The maximum Gasteiger partial charge on any atom is 0.128 e. The SMILES string of the molecule is C/C(=N\N=C1c2ccccc2-c2ccccc21)c1ccc(O)cc1O. The molecule has 1 aliphatic carbocycles. The molecule has 0 unspecified atom stereocenters. The molecule has 1 aliphatic rings. The van der Waals surface area contributed by atoms with E-state index >= 15 is 0 Å². The van der Waals surface area contributed by atoms with Crippen LogP contribution in [-0.4, -0.2) is 21.6 Å². The van der Waals surface area contributed by atoms with Gasteiger partial charge in [0.15, 0.2) is 0 Å². The van der Waals surface area contributed by atoms with Gasteiger partial charge in [-0.05, 0) is 30.2 Å².